The van der Waals surface area contributed by atoms with Crippen molar-refractivity contribution in [3.05, 3.63) is 23.8 Å². The number of rotatable bonds is 2. The first-order valence-electron chi connectivity index (χ1n) is 3.41. The van der Waals surface area contributed by atoms with E-state index in [4.69, 9.17) is 4.74 Å². The van der Waals surface area contributed by atoms with Crippen LogP contribution in [0.1, 0.15) is 12.8 Å². The van der Waals surface area contributed by atoms with Crippen LogP contribution < -0.4 is 0 Å². The molecule has 2 rings (SSSR count). The van der Waals surface area contributed by atoms with E-state index in [2.05, 4.69) is 18.2 Å². The number of hydrogen-bond acceptors (Lipinski definition) is 1. The number of hydrogen-bond donors (Lipinski definition) is 0. The van der Waals surface area contributed by atoms with Gasteiger partial charge in [0.2, 0.25) is 0 Å². The van der Waals surface area contributed by atoms with Gasteiger partial charge >= 0.3 is 0 Å². The van der Waals surface area contributed by atoms with Crippen molar-refractivity contribution >= 4 is 0 Å². The van der Waals surface area contributed by atoms with Crippen LogP contribution in [0, 0.1) is 0 Å². The second-order valence-electron chi connectivity index (χ2n) is 2.62. The molecular weight excluding hydrogens is 112 g/mol. The molecule has 0 bridgehead atoms. The fraction of sp³-hybridized carbons (Fsp3) is 0.500. The fourth-order valence-corrected chi connectivity index (χ4v) is 1.12. The molecule has 1 nitrogen and oxygen atoms in total. The highest BCUT2D eigenvalue weighted by Crippen LogP contribution is 2.23. The molecule has 48 valence electrons. The minimum absolute atomic E-state index is 0.566. The van der Waals surface area contributed by atoms with E-state index in [-0.39, 0.29) is 0 Å². The Labute approximate surface area is 55.0 Å². The Morgan fingerprint density at radius 3 is 3.11 bits per heavy atom. The van der Waals surface area contributed by atoms with Gasteiger partial charge in [-0.15, -0.1) is 0 Å². The van der Waals surface area contributed by atoms with Crippen molar-refractivity contribution in [1.29, 1.82) is 0 Å². The Morgan fingerprint density at radius 1 is 1.67 bits per heavy atom. The van der Waals surface area contributed by atoms with Gasteiger partial charge in [-0.1, -0.05) is 23.8 Å². The van der Waals surface area contributed by atoms with E-state index in [1.165, 1.54) is 5.57 Å². The van der Waals surface area contributed by atoms with Gasteiger partial charge in [0.15, 0.2) is 0 Å². The standard InChI is InChI=1S/C8H10O/c1-2-4-7(3-1)5-8-6-9-8/h1-3,8H,4-6H2. The first kappa shape index (κ1) is 5.24. The van der Waals surface area contributed by atoms with Crippen molar-refractivity contribution in [3.8, 4) is 0 Å². The van der Waals surface area contributed by atoms with Crippen molar-refractivity contribution in [2.24, 2.45) is 0 Å². The van der Waals surface area contributed by atoms with Gasteiger partial charge in [0, 0.05) is 0 Å². The van der Waals surface area contributed by atoms with Gasteiger partial charge in [0.05, 0.1) is 12.7 Å². The normalized spacial score (nSPS) is 30.7. The number of ether oxygens (including phenoxy) is 1. The molecule has 0 aromatic heterocycles. The lowest BCUT2D eigenvalue weighted by Gasteiger charge is -1.93. The van der Waals surface area contributed by atoms with Gasteiger partial charge in [-0.05, 0) is 12.8 Å². The van der Waals surface area contributed by atoms with Crippen molar-refractivity contribution in [1.82, 2.24) is 0 Å². The van der Waals surface area contributed by atoms with Gasteiger partial charge in [-0.25, -0.2) is 0 Å². The molecule has 1 atom stereocenters. The lowest BCUT2D eigenvalue weighted by atomic mass is 10.1. The predicted molar refractivity (Wildman–Crippen MR) is 36.2 cm³/mol. The molecule has 9 heavy (non-hydrogen) atoms. The summed E-state index contributed by atoms with van der Waals surface area (Å²) in [7, 11) is 0. The van der Waals surface area contributed by atoms with Crippen molar-refractivity contribution in [3.63, 3.8) is 0 Å². The highest BCUT2D eigenvalue weighted by molar-refractivity contribution is 5.23. The third kappa shape index (κ3) is 1.22. The van der Waals surface area contributed by atoms with E-state index in [1.54, 1.807) is 0 Å². The van der Waals surface area contributed by atoms with Crippen molar-refractivity contribution in [2.45, 2.75) is 18.9 Å². The summed E-state index contributed by atoms with van der Waals surface area (Å²) < 4.78 is 5.10. The van der Waals surface area contributed by atoms with Crippen molar-refractivity contribution < 1.29 is 4.74 Å². The molecule has 1 heteroatoms. The van der Waals surface area contributed by atoms with Gasteiger partial charge in [-0.2, -0.15) is 0 Å². The fourth-order valence-electron chi connectivity index (χ4n) is 1.12. The van der Waals surface area contributed by atoms with Crippen LogP contribution in [-0.2, 0) is 4.74 Å². The zero-order valence-electron chi connectivity index (χ0n) is 5.34. The molecule has 0 saturated carbocycles. The highest BCUT2D eigenvalue weighted by Gasteiger charge is 2.23. The van der Waals surface area contributed by atoms with E-state index in [9.17, 15) is 0 Å². The third-order valence-corrected chi connectivity index (χ3v) is 1.74. The summed E-state index contributed by atoms with van der Waals surface area (Å²) in [6.07, 6.45) is 9.39. The van der Waals surface area contributed by atoms with Crippen LogP contribution in [-0.4, -0.2) is 12.7 Å². The minimum atomic E-state index is 0.566. The quantitative estimate of drug-likeness (QED) is 0.507. The maximum atomic E-state index is 5.10. The SMILES string of the molecule is C1=CCC(CC2CO2)=C1. The molecule has 1 heterocycles. The van der Waals surface area contributed by atoms with Crippen LogP contribution in [0.25, 0.3) is 0 Å². The average Bonchev–Trinajstić information content (AvgIpc) is 2.46. The third-order valence-electron chi connectivity index (χ3n) is 1.74. The molecule has 0 aromatic rings. The molecule has 1 unspecified atom stereocenters. The summed E-state index contributed by atoms with van der Waals surface area (Å²) in [6, 6.07) is 0. The predicted octanol–water partition coefficient (Wildman–Crippen LogP) is 1.66. The molecule has 1 aliphatic carbocycles. The topological polar surface area (TPSA) is 12.5 Å². The van der Waals surface area contributed by atoms with Crippen LogP contribution in [0.3, 0.4) is 0 Å². The second-order valence-corrected chi connectivity index (χ2v) is 2.62. The largest absolute Gasteiger partial charge is 0.373 e. The Bertz CT molecular complexity index is 163. The van der Waals surface area contributed by atoms with Crippen LogP contribution in [0.5, 0.6) is 0 Å². The maximum Gasteiger partial charge on any atom is 0.0847 e. The van der Waals surface area contributed by atoms with E-state index >= 15 is 0 Å². The van der Waals surface area contributed by atoms with Gasteiger partial charge in [-0.3, -0.25) is 0 Å². The molecule has 2 aliphatic rings. The van der Waals surface area contributed by atoms with E-state index in [0.717, 1.165) is 19.4 Å². The summed E-state index contributed by atoms with van der Waals surface area (Å²) in [6.45, 7) is 0.983. The van der Waals surface area contributed by atoms with Crippen LogP contribution >= 0.6 is 0 Å². The smallest absolute Gasteiger partial charge is 0.0847 e. The monoisotopic (exact) mass is 122 g/mol. The summed E-state index contributed by atoms with van der Waals surface area (Å²) in [5, 5.41) is 0. The molecule has 0 spiro atoms. The molecular formula is C8H10O. The summed E-state index contributed by atoms with van der Waals surface area (Å²) in [5.41, 5.74) is 1.53. The Morgan fingerprint density at radius 2 is 2.56 bits per heavy atom. The minimum Gasteiger partial charge on any atom is -0.373 e. The average molecular weight is 122 g/mol. The maximum absolute atomic E-state index is 5.10. The first-order valence-corrected chi connectivity index (χ1v) is 3.41. The zero-order valence-corrected chi connectivity index (χ0v) is 5.34. The van der Waals surface area contributed by atoms with Crippen LogP contribution in [0.15, 0.2) is 23.8 Å². The molecule has 1 fully saturated rings. The Balaban J connectivity index is 1.85. The highest BCUT2D eigenvalue weighted by atomic mass is 16.6. The number of allylic oxidation sites excluding steroid dienone is 3. The molecule has 0 aromatic carbocycles. The van der Waals surface area contributed by atoms with Crippen LogP contribution in [0.4, 0.5) is 0 Å². The second kappa shape index (κ2) is 1.99. The summed E-state index contributed by atoms with van der Waals surface area (Å²) in [5.74, 6) is 0. The van der Waals surface area contributed by atoms with Gasteiger partial charge in [0.25, 0.3) is 0 Å². The van der Waals surface area contributed by atoms with Crippen LogP contribution in [0.2, 0.25) is 0 Å². The molecule has 0 radical (unpaired) electrons. The Hall–Kier alpha value is -0.560. The van der Waals surface area contributed by atoms with Crippen molar-refractivity contribution in [2.75, 3.05) is 6.61 Å². The summed E-state index contributed by atoms with van der Waals surface area (Å²) >= 11 is 0. The molecule has 1 saturated heterocycles. The van der Waals surface area contributed by atoms with Gasteiger partial charge < -0.3 is 4.74 Å². The van der Waals surface area contributed by atoms with E-state index in [0.29, 0.717) is 6.10 Å². The van der Waals surface area contributed by atoms with Gasteiger partial charge in [0.1, 0.15) is 0 Å². The molecule has 1 aliphatic heterocycles. The Kier molecular flexibility index (Phi) is 1.16. The van der Waals surface area contributed by atoms with E-state index < -0.39 is 0 Å². The van der Waals surface area contributed by atoms with E-state index in [1.807, 2.05) is 0 Å². The summed E-state index contributed by atoms with van der Waals surface area (Å²) in [4.78, 5) is 0. The lowest BCUT2D eigenvalue weighted by Crippen LogP contribution is -1.86. The zero-order chi connectivity index (χ0) is 6.10. The first-order chi connectivity index (χ1) is 4.45. The number of epoxide rings is 1. The lowest BCUT2D eigenvalue weighted by molar-refractivity contribution is 0.406. The molecule has 0 N–H and O–H groups in total. The molecule has 0 amide bonds.